The molecule has 0 aliphatic rings. The van der Waals surface area contributed by atoms with Crippen LogP contribution in [0.15, 0.2) is 30.5 Å². The maximum Gasteiger partial charge on any atom is 0.133 e. The first kappa shape index (κ1) is 9.77. The van der Waals surface area contributed by atoms with Crippen LogP contribution in [0.4, 0.5) is 5.82 Å². The molecule has 1 aromatic heterocycles. The average molecular weight is 202 g/mol. The highest BCUT2D eigenvalue weighted by molar-refractivity contribution is 5.92. The number of pyridine rings is 1. The van der Waals surface area contributed by atoms with Crippen LogP contribution in [0.5, 0.6) is 5.75 Å². The SMILES string of the molecule is CCOc1ccc2ccnc(NC)c2c1. The average Bonchev–Trinajstić information content (AvgIpc) is 2.28. The van der Waals surface area contributed by atoms with Gasteiger partial charge in [0.2, 0.25) is 0 Å². The van der Waals surface area contributed by atoms with E-state index in [4.69, 9.17) is 4.74 Å². The lowest BCUT2D eigenvalue weighted by Crippen LogP contribution is -1.95. The number of rotatable bonds is 3. The summed E-state index contributed by atoms with van der Waals surface area (Å²) in [4.78, 5) is 4.26. The topological polar surface area (TPSA) is 34.1 Å². The Labute approximate surface area is 89.1 Å². The molecule has 2 aromatic rings. The summed E-state index contributed by atoms with van der Waals surface area (Å²) in [5.41, 5.74) is 0. The van der Waals surface area contributed by atoms with Crippen molar-refractivity contribution in [1.82, 2.24) is 4.98 Å². The molecule has 0 atom stereocenters. The number of nitrogens with one attached hydrogen (secondary N) is 1. The van der Waals surface area contributed by atoms with Gasteiger partial charge >= 0.3 is 0 Å². The van der Waals surface area contributed by atoms with Crippen LogP contribution in [0, 0.1) is 0 Å². The second-order valence-electron chi connectivity index (χ2n) is 3.23. The Balaban J connectivity index is 2.57. The monoisotopic (exact) mass is 202 g/mol. The summed E-state index contributed by atoms with van der Waals surface area (Å²) in [7, 11) is 1.87. The molecule has 0 aliphatic heterocycles. The van der Waals surface area contributed by atoms with Gasteiger partial charge in [-0.25, -0.2) is 4.98 Å². The molecule has 1 heterocycles. The first-order valence-corrected chi connectivity index (χ1v) is 5.04. The molecule has 15 heavy (non-hydrogen) atoms. The second-order valence-corrected chi connectivity index (χ2v) is 3.23. The summed E-state index contributed by atoms with van der Waals surface area (Å²) in [6, 6.07) is 8.03. The lowest BCUT2D eigenvalue weighted by molar-refractivity contribution is 0.341. The van der Waals surface area contributed by atoms with E-state index < -0.39 is 0 Å². The zero-order valence-corrected chi connectivity index (χ0v) is 8.95. The minimum Gasteiger partial charge on any atom is -0.494 e. The maximum atomic E-state index is 5.46. The quantitative estimate of drug-likeness (QED) is 0.830. The number of hydrogen-bond donors (Lipinski definition) is 1. The number of aromatic nitrogens is 1. The van der Waals surface area contributed by atoms with Gasteiger partial charge < -0.3 is 10.1 Å². The van der Waals surface area contributed by atoms with E-state index in [0.29, 0.717) is 6.61 Å². The van der Waals surface area contributed by atoms with Crippen LogP contribution in [0.1, 0.15) is 6.92 Å². The fourth-order valence-corrected chi connectivity index (χ4v) is 1.60. The van der Waals surface area contributed by atoms with E-state index in [0.717, 1.165) is 22.3 Å². The summed E-state index contributed by atoms with van der Waals surface area (Å²) in [6.45, 7) is 2.66. The molecule has 0 bridgehead atoms. The van der Waals surface area contributed by atoms with Gasteiger partial charge in [0.05, 0.1) is 6.61 Å². The summed E-state index contributed by atoms with van der Waals surface area (Å²) in [5, 5.41) is 5.33. The van der Waals surface area contributed by atoms with Crippen molar-refractivity contribution >= 4 is 16.6 Å². The molecule has 0 unspecified atom stereocenters. The number of benzene rings is 1. The first-order chi connectivity index (χ1) is 7.35. The molecule has 78 valence electrons. The van der Waals surface area contributed by atoms with E-state index in [1.807, 2.05) is 38.2 Å². The van der Waals surface area contributed by atoms with Gasteiger partial charge in [0.15, 0.2) is 0 Å². The Morgan fingerprint density at radius 1 is 1.33 bits per heavy atom. The van der Waals surface area contributed by atoms with Gasteiger partial charge in [0, 0.05) is 18.6 Å². The molecule has 0 amide bonds. The molecule has 0 radical (unpaired) electrons. The van der Waals surface area contributed by atoms with Gasteiger partial charge in [0.1, 0.15) is 11.6 Å². The Hall–Kier alpha value is -1.77. The summed E-state index contributed by atoms with van der Waals surface area (Å²) in [6.07, 6.45) is 1.80. The van der Waals surface area contributed by atoms with Crippen molar-refractivity contribution in [2.24, 2.45) is 0 Å². The molecule has 3 heteroatoms. The van der Waals surface area contributed by atoms with E-state index in [-0.39, 0.29) is 0 Å². The molecule has 0 aliphatic carbocycles. The lowest BCUT2D eigenvalue weighted by atomic mass is 10.1. The van der Waals surface area contributed by atoms with E-state index >= 15 is 0 Å². The molecule has 0 saturated heterocycles. The number of ether oxygens (including phenoxy) is 1. The van der Waals surface area contributed by atoms with Gasteiger partial charge in [-0.2, -0.15) is 0 Å². The van der Waals surface area contributed by atoms with Gasteiger partial charge in [0.25, 0.3) is 0 Å². The molecule has 3 nitrogen and oxygen atoms in total. The van der Waals surface area contributed by atoms with Crippen LogP contribution >= 0.6 is 0 Å². The van der Waals surface area contributed by atoms with Crippen LogP contribution in [0.3, 0.4) is 0 Å². The largest absolute Gasteiger partial charge is 0.494 e. The van der Waals surface area contributed by atoms with E-state index in [9.17, 15) is 0 Å². The van der Waals surface area contributed by atoms with E-state index in [1.54, 1.807) is 6.20 Å². The molecule has 2 rings (SSSR count). The molecule has 1 aromatic carbocycles. The van der Waals surface area contributed by atoms with Gasteiger partial charge in [-0.3, -0.25) is 0 Å². The van der Waals surface area contributed by atoms with Crippen molar-refractivity contribution in [2.45, 2.75) is 6.92 Å². The van der Waals surface area contributed by atoms with Crippen molar-refractivity contribution in [3.8, 4) is 5.75 Å². The smallest absolute Gasteiger partial charge is 0.133 e. The Kier molecular flexibility index (Phi) is 2.72. The molecule has 0 saturated carbocycles. The van der Waals surface area contributed by atoms with Crippen molar-refractivity contribution in [1.29, 1.82) is 0 Å². The molecule has 0 spiro atoms. The van der Waals surface area contributed by atoms with E-state index in [2.05, 4.69) is 10.3 Å². The van der Waals surface area contributed by atoms with Crippen LogP contribution in [0.2, 0.25) is 0 Å². The molecule has 0 fully saturated rings. The number of anilines is 1. The number of hydrogen-bond acceptors (Lipinski definition) is 3. The van der Waals surface area contributed by atoms with Crippen LogP contribution in [0.25, 0.3) is 10.8 Å². The molecular weight excluding hydrogens is 188 g/mol. The number of nitrogens with zero attached hydrogens (tertiary/aromatic N) is 1. The van der Waals surface area contributed by atoms with Crippen molar-refractivity contribution < 1.29 is 4.74 Å². The fraction of sp³-hybridized carbons (Fsp3) is 0.250. The minimum atomic E-state index is 0.681. The Bertz CT molecular complexity index is 468. The Morgan fingerprint density at radius 2 is 2.20 bits per heavy atom. The summed E-state index contributed by atoms with van der Waals surface area (Å²) >= 11 is 0. The third kappa shape index (κ3) is 1.86. The lowest BCUT2D eigenvalue weighted by Gasteiger charge is -2.07. The number of fused-ring (bicyclic) bond motifs is 1. The zero-order valence-electron chi connectivity index (χ0n) is 8.95. The standard InChI is InChI=1S/C12H14N2O/c1-3-15-10-5-4-9-6-7-14-12(13-2)11(9)8-10/h4-8H,3H2,1-2H3,(H,13,14). The Morgan fingerprint density at radius 3 is 2.93 bits per heavy atom. The van der Waals surface area contributed by atoms with Crippen LogP contribution < -0.4 is 10.1 Å². The minimum absolute atomic E-state index is 0.681. The third-order valence-corrected chi connectivity index (χ3v) is 2.29. The second kappa shape index (κ2) is 4.17. The van der Waals surface area contributed by atoms with Gasteiger partial charge in [-0.05, 0) is 30.5 Å². The van der Waals surface area contributed by atoms with Crippen molar-refractivity contribution in [3.63, 3.8) is 0 Å². The van der Waals surface area contributed by atoms with E-state index in [1.165, 1.54) is 0 Å². The predicted octanol–water partition coefficient (Wildman–Crippen LogP) is 2.68. The fourth-order valence-electron chi connectivity index (χ4n) is 1.60. The van der Waals surface area contributed by atoms with Crippen LogP contribution in [-0.2, 0) is 0 Å². The molecule has 1 N–H and O–H groups in total. The highest BCUT2D eigenvalue weighted by Gasteiger charge is 2.01. The first-order valence-electron chi connectivity index (χ1n) is 5.04. The highest BCUT2D eigenvalue weighted by atomic mass is 16.5. The zero-order chi connectivity index (χ0) is 10.7. The maximum absolute atomic E-state index is 5.46. The molecular formula is C12H14N2O. The van der Waals surface area contributed by atoms with Crippen LogP contribution in [-0.4, -0.2) is 18.6 Å². The third-order valence-electron chi connectivity index (χ3n) is 2.29. The summed E-state index contributed by atoms with van der Waals surface area (Å²) in [5.74, 6) is 1.77. The van der Waals surface area contributed by atoms with Gasteiger partial charge in [-0.15, -0.1) is 0 Å². The highest BCUT2D eigenvalue weighted by Crippen LogP contribution is 2.25. The normalized spacial score (nSPS) is 10.3. The van der Waals surface area contributed by atoms with Gasteiger partial charge in [-0.1, -0.05) is 6.07 Å². The predicted molar refractivity (Wildman–Crippen MR) is 62.5 cm³/mol. The summed E-state index contributed by atoms with van der Waals surface area (Å²) < 4.78 is 5.46. The van der Waals surface area contributed by atoms with Crippen molar-refractivity contribution in [2.75, 3.05) is 19.0 Å². The van der Waals surface area contributed by atoms with Crippen molar-refractivity contribution in [3.05, 3.63) is 30.5 Å².